The summed E-state index contributed by atoms with van der Waals surface area (Å²) in [7, 11) is 0. The van der Waals surface area contributed by atoms with E-state index in [9.17, 15) is 14.0 Å². The van der Waals surface area contributed by atoms with Crippen LogP contribution in [0.4, 0.5) is 4.39 Å². The molecule has 2 rings (SSSR count). The molecule has 3 N–H and O–H groups in total. The molecule has 1 aromatic heterocycles. The first-order valence-electron chi connectivity index (χ1n) is 5.87. The van der Waals surface area contributed by atoms with Gasteiger partial charge in [0.05, 0.1) is 11.3 Å². The summed E-state index contributed by atoms with van der Waals surface area (Å²) in [5.74, 6) is -2.95. The van der Waals surface area contributed by atoms with Gasteiger partial charge in [-0.15, -0.1) is 0 Å². The number of nitrogens with two attached hydrogens (primary N) is 1. The molecule has 0 saturated heterocycles. The molecule has 1 heterocycles. The molecular weight excluding hydrogens is 279 g/mol. The molecular formula is C14H11FN2O4. The van der Waals surface area contributed by atoms with Gasteiger partial charge in [0.1, 0.15) is 17.1 Å². The van der Waals surface area contributed by atoms with Crippen LogP contribution in [0.25, 0.3) is 0 Å². The molecule has 7 heteroatoms. The Morgan fingerprint density at radius 3 is 2.57 bits per heavy atom. The van der Waals surface area contributed by atoms with E-state index in [1.165, 1.54) is 31.2 Å². The summed E-state index contributed by atoms with van der Waals surface area (Å²) in [6.45, 7) is 1.50. The van der Waals surface area contributed by atoms with Crippen LogP contribution >= 0.6 is 0 Å². The molecule has 0 radical (unpaired) electrons. The maximum Gasteiger partial charge on any atom is 0.337 e. The Morgan fingerprint density at radius 1 is 1.29 bits per heavy atom. The molecule has 0 aliphatic rings. The van der Waals surface area contributed by atoms with Crippen LogP contribution in [0, 0.1) is 12.7 Å². The van der Waals surface area contributed by atoms with Gasteiger partial charge in [0, 0.05) is 6.07 Å². The number of primary amides is 1. The molecule has 0 atom stereocenters. The summed E-state index contributed by atoms with van der Waals surface area (Å²) in [4.78, 5) is 26.1. The molecule has 0 saturated carbocycles. The third-order valence-corrected chi connectivity index (χ3v) is 2.73. The zero-order chi connectivity index (χ0) is 15.6. The van der Waals surface area contributed by atoms with Gasteiger partial charge in [0.15, 0.2) is 0 Å². The average molecular weight is 290 g/mol. The number of pyridine rings is 1. The minimum absolute atomic E-state index is 0.0247. The van der Waals surface area contributed by atoms with Crippen LogP contribution in [0.2, 0.25) is 0 Å². The third-order valence-electron chi connectivity index (χ3n) is 2.73. The molecule has 21 heavy (non-hydrogen) atoms. The van der Waals surface area contributed by atoms with E-state index in [0.717, 1.165) is 6.07 Å². The number of halogens is 1. The number of aryl methyl sites for hydroxylation is 1. The molecule has 0 fully saturated rings. The van der Waals surface area contributed by atoms with Gasteiger partial charge in [-0.1, -0.05) is 6.07 Å². The van der Waals surface area contributed by atoms with Crippen molar-refractivity contribution in [2.75, 3.05) is 0 Å². The Labute approximate surface area is 119 Å². The zero-order valence-corrected chi connectivity index (χ0v) is 11.0. The van der Waals surface area contributed by atoms with Crippen LogP contribution in [0.15, 0.2) is 30.3 Å². The highest BCUT2D eigenvalue weighted by Gasteiger charge is 2.17. The summed E-state index contributed by atoms with van der Waals surface area (Å²) in [6.07, 6.45) is 0. The van der Waals surface area contributed by atoms with E-state index in [1.54, 1.807) is 0 Å². The van der Waals surface area contributed by atoms with Crippen LogP contribution in [-0.4, -0.2) is 22.0 Å². The SMILES string of the molecule is Cc1nc(Oc2cccc(F)c2C(N)=O)ccc1C(=O)O. The number of nitrogens with zero attached hydrogens (tertiary/aromatic N) is 1. The van der Waals surface area contributed by atoms with Crippen LogP contribution < -0.4 is 10.5 Å². The first kappa shape index (κ1) is 14.4. The van der Waals surface area contributed by atoms with Crippen molar-refractivity contribution in [2.24, 2.45) is 5.73 Å². The number of benzene rings is 1. The minimum Gasteiger partial charge on any atom is -0.478 e. The van der Waals surface area contributed by atoms with E-state index in [1.807, 2.05) is 0 Å². The highest BCUT2D eigenvalue weighted by atomic mass is 19.1. The van der Waals surface area contributed by atoms with Crippen molar-refractivity contribution in [3.05, 3.63) is 53.0 Å². The Kier molecular flexibility index (Phi) is 3.84. The standard InChI is InChI=1S/C14H11FN2O4/c1-7-8(14(19)20)5-6-11(17-7)21-10-4-2-3-9(15)12(10)13(16)18/h2-6H,1H3,(H2,16,18)(H,19,20). The molecule has 1 amide bonds. The topological polar surface area (TPSA) is 103 Å². The largest absolute Gasteiger partial charge is 0.478 e. The molecule has 108 valence electrons. The predicted molar refractivity (Wildman–Crippen MR) is 70.9 cm³/mol. The Balaban J connectivity index is 2.39. The fourth-order valence-electron chi connectivity index (χ4n) is 1.76. The van der Waals surface area contributed by atoms with Crippen molar-refractivity contribution in [2.45, 2.75) is 6.92 Å². The van der Waals surface area contributed by atoms with Crippen molar-refractivity contribution in [3.8, 4) is 11.6 Å². The number of aromatic carboxylic acids is 1. The van der Waals surface area contributed by atoms with Crippen molar-refractivity contribution in [3.63, 3.8) is 0 Å². The number of hydrogen-bond acceptors (Lipinski definition) is 4. The molecule has 0 unspecified atom stereocenters. The number of amides is 1. The number of carboxylic acids is 1. The summed E-state index contributed by atoms with van der Waals surface area (Å²) in [5, 5.41) is 8.91. The second-order valence-electron chi connectivity index (χ2n) is 4.17. The number of rotatable bonds is 4. The quantitative estimate of drug-likeness (QED) is 0.897. The summed E-state index contributed by atoms with van der Waals surface area (Å²) in [5.41, 5.74) is 4.97. The van der Waals surface area contributed by atoms with Crippen molar-refractivity contribution >= 4 is 11.9 Å². The summed E-state index contributed by atoms with van der Waals surface area (Å²) in [6, 6.07) is 6.43. The van der Waals surface area contributed by atoms with Crippen molar-refractivity contribution < 1.29 is 23.8 Å². The monoisotopic (exact) mass is 290 g/mol. The molecule has 0 bridgehead atoms. The van der Waals surface area contributed by atoms with E-state index in [4.69, 9.17) is 15.6 Å². The van der Waals surface area contributed by atoms with Gasteiger partial charge in [0.2, 0.25) is 5.88 Å². The summed E-state index contributed by atoms with van der Waals surface area (Å²) < 4.78 is 18.9. The van der Waals surface area contributed by atoms with E-state index >= 15 is 0 Å². The van der Waals surface area contributed by atoms with Gasteiger partial charge < -0.3 is 15.6 Å². The normalized spacial score (nSPS) is 10.2. The first-order chi connectivity index (χ1) is 9.90. The maximum atomic E-state index is 13.6. The molecule has 0 aliphatic heterocycles. The highest BCUT2D eigenvalue weighted by molar-refractivity contribution is 5.96. The van der Waals surface area contributed by atoms with E-state index in [2.05, 4.69) is 4.98 Å². The first-order valence-corrected chi connectivity index (χ1v) is 5.87. The number of ether oxygens (including phenoxy) is 1. The average Bonchev–Trinajstić information content (AvgIpc) is 2.37. The number of hydrogen-bond donors (Lipinski definition) is 2. The van der Waals surface area contributed by atoms with Gasteiger partial charge >= 0.3 is 5.97 Å². The van der Waals surface area contributed by atoms with E-state index < -0.39 is 17.7 Å². The van der Waals surface area contributed by atoms with Gasteiger partial charge in [-0.25, -0.2) is 14.2 Å². The number of carbonyl (C=O) groups excluding carboxylic acids is 1. The fourth-order valence-corrected chi connectivity index (χ4v) is 1.76. The van der Waals surface area contributed by atoms with E-state index in [-0.39, 0.29) is 28.5 Å². The fraction of sp³-hybridized carbons (Fsp3) is 0.0714. The van der Waals surface area contributed by atoms with Crippen LogP contribution in [0.5, 0.6) is 11.6 Å². The van der Waals surface area contributed by atoms with Gasteiger partial charge in [-0.3, -0.25) is 4.79 Å². The van der Waals surface area contributed by atoms with Crippen LogP contribution in [0.1, 0.15) is 26.4 Å². The van der Waals surface area contributed by atoms with Gasteiger partial charge in [0.25, 0.3) is 5.91 Å². The Morgan fingerprint density at radius 2 is 2.00 bits per heavy atom. The third kappa shape index (κ3) is 2.97. The lowest BCUT2D eigenvalue weighted by Crippen LogP contribution is -2.14. The van der Waals surface area contributed by atoms with E-state index in [0.29, 0.717) is 0 Å². The molecule has 1 aromatic carbocycles. The summed E-state index contributed by atoms with van der Waals surface area (Å²) >= 11 is 0. The molecule has 6 nitrogen and oxygen atoms in total. The van der Waals surface area contributed by atoms with Crippen LogP contribution in [0.3, 0.4) is 0 Å². The lowest BCUT2D eigenvalue weighted by Gasteiger charge is -2.10. The number of carboxylic acid groups (broad SMARTS) is 1. The molecule has 0 aliphatic carbocycles. The molecule has 2 aromatic rings. The lowest BCUT2D eigenvalue weighted by molar-refractivity contribution is 0.0695. The number of carbonyl (C=O) groups is 2. The smallest absolute Gasteiger partial charge is 0.337 e. The zero-order valence-electron chi connectivity index (χ0n) is 11.0. The Hall–Kier alpha value is -2.96. The predicted octanol–water partition coefficient (Wildman–Crippen LogP) is 2.12. The second kappa shape index (κ2) is 5.58. The van der Waals surface area contributed by atoms with Crippen LogP contribution in [-0.2, 0) is 0 Å². The maximum absolute atomic E-state index is 13.6. The lowest BCUT2D eigenvalue weighted by atomic mass is 10.2. The molecule has 0 spiro atoms. The highest BCUT2D eigenvalue weighted by Crippen LogP contribution is 2.26. The Bertz CT molecular complexity index is 731. The van der Waals surface area contributed by atoms with Crippen molar-refractivity contribution in [1.29, 1.82) is 0 Å². The second-order valence-corrected chi connectivity index (χ2v) is 4.17. The van der Waals surface area contributed by atoms with Gasteiger partial charge in [-0.2, -0.15) is 0 Å². The van der Waals surface area contributed by atoms with Gasteiger partial charge in [-0.05, 0) is 25.1 Å². The van der Waals surface area contributed by atoms with Crippen molar-refractivity contribution in [1.82, 2.24) is 4.98 Å². The number of aromatic nitrogens is 1. The minimum atomic E-state index is -1.12.